The topological polar surface area (TPSA) is 56.1 Å². The van der Waals surface area contributed by atoms with E-state index >= 15 is 0 Å². The second-order valence-corrected chi connectivity index (χ2v) is 7.90. The van der Waals surface area contributed by atoms with E-state index in [0.29, 0.717) is 40.9 Å². The van der Waals surface area contributed by atoms with E-state index in [1.165, 1.54) is 0 Å². The molecule has 0 bridgehead atoms. The Morgan fingerprint density at radius 2 is 1.87 bits per heavy atom. The van der Waals surface area contributed by atoms with Crippen molar-refractivity contribution in [1.82, 2.24) is 14.9 Å². The number of aromatic nitrogens is 2. The molecule has 0 atom stereocenters. The smallest absolute Gasteiger partial charge is 0.251 e. The standard InChI is InChI=1S/C24H21Cl2N3O2/c1-31-18-6-4-5-17(14-18)24(30)27-12-11-23-28-21-7-2-3-8-22(21)29(23)15-16-9-10-19(25)20(26)13-16/h2-10,13-14H,11-12,15H2,1H3,(H,27,30). The SMILES string of the molecule is COc1cccc(C(=O)NCCc2nc3ccccc3n2Cc2ccc(Cl)c(Cl)c2)c1. The molecule has 0 aliphatic rings. The Balaban J connectivity index is 1.52. The molecule has 0 spiro atoms. The first-order valence-electron chi connectivity index (χ1n) is 9.85. The predicted octanol–water partition coefficient (Wildman–Crippen LogP) is 5.37. The van der Waals surface area contributed by atoms with Crippen LogP contribution < -0.4 is 10.1 Å². The van der Waals surface area contributed by atoms with Crippen molar-refractivity contribution >= 4 is 40.1 Å². The second kappa shape index (κ2) is 9.41. The Bertz CT molecular complexity index is 1240. The molecular weight excluding hydrogens is 433 g/mol. The van der Waals surface area contributed by atoms with Crippen LogP contribution in [-0.2, 0) is 13.0 Å². The summed E-state index contributed by atoms with van der Waals surface area (Å²) in [6.45, 7) is 1.07. The van der Waals surface area contributed by atoms with Crippen molar-refractivity contribution in [3.8, 4) is 5.75 Å². The maximum absolute atomic E-state index is 12.5. The van der Waals surface area contributed by atoms with E-state index in [1.54, 1.807) is 31.4 Å². The minimum Gasteiger partial charge on any atom is -0.497 e. The summed E-state index contributed by atoms with van der Waals surface area (Å²) in [6, 6.07) is 20.7. The molecule has 158 valence electrons. The summed E-state index contributed by atoms with van der Waals surface area (Å²) >= 11 is 12.3. The lowest BCUT2D eigenvalue weighted by atomic mass is 10.2. The lowest BCUT2D eigenvalue weighted by Gasteiger charge is -2.11. The number of imidazole rings is 1. The first kappa shape index (κ1) is 21.2. The largest absolute Gasteiger partial charge is 0.497 e. The quantitative estimate of drug-likeness (QED) is 0.408. The summed E-state index contributed by atoms with van der Waals surface area (Å²) in [5, 5.41) is 4.02. The van der Waals surface area contributed by atoms with Crippen LogP contribution in [0, 0.1) is 0 Å². The number of rotatable bonds is 7. The van der Waals surface area contributed by atoms with Crippen molar-refractivity contribution < 1.29 is 9.53 Å². The Morgan fingerprint density at radius 3 is 2.68 bits per heavy atom. The molecular formula is C24H21Cl2N3O2. The fourth-order valence-corrected chi connectivity index (χ4v) is 3.79. The van der Waals surface area contributed by atoms with Crippen LogP contribution in [0.15, 0.2) is 66.7 Å². The van der Waals surface area contributed by atoms with Gasteiger partial charge in [0.25, 0.3) is 5.91 Å². The number of ether oxygens (including phenoxy) is 1. The van der Waals surface area contributed by atoms with Gasteiger partial charge in [-0.2, -0.15) is 0 Å². The minimum atomic E-state index is -0.147. The van der Waals surface area contributed by atoms with Crippen LogP contribution in [0.5, 0.6) is 5.75 Å². The van der Waals surface area contributed by atoms with E-state index in [4.69, 9.17) is 32.9 Å². The Labute approximate surface area is 190 Å². The van der Waals surface area contributed by atoms with E-state index in [9.17, 15) is 4.79 Å². The van der Waals surface area contributed by atoms with Gasteiger partial charge >= 0.3 is 0 Å². The fourth-order valence-electron chi connectivity index (χ4n) is 3.47. The van der Waals surface area contributed by atoms with Gasteiger partial charge in [-0.05, 0) is 48.0 Å². The number of carbonyl (C=O) groups excluding carboxylic acids is 1. The molecule has 0 saturated heterocycles. The van der Waals surface area contributed by atoms with Crippen LogP contribution in [0.3, 0.4) is 0 Å². The summed E-state index contributed by atoms with van der Waals surface area (Å²) in [5.41, 5.74) is 3.53. The van der Waals surface area contributed by atoms with Crippen LogP contribution in [0.25, 0.3) is 11.0 Å². The lowest BCUT2D eigenvalue weighted by Crippen LogP contribution is -2.26. The van der Waals surface area contributed by atoms with E-state index in [0.717, 1.165) is 22.4 Å². The number of fused-ring (bicyclic) bond motifs is 1. The van der Waals surface area contributed by atoms with Crippen LogP contribution in [-0.4, -0.2) is 29.1 Å². The van der Waals surface area contributed by atoms with Gasteiger partial charge in [0, 0.05) is 25.1 Å². The average molecular weight is 454 g/mol. The van der Waals surface area contributed by atoms with Crippen molar-refractivity contribution in [2.24, 2.45) is 0 Å². The number of hydrogen-bond donors (Lipinski definition) is 1. The molecule has 0 unspecified atom stereocenters. The third-order valence-electron chi connectivity index (χ3n) is 5.02. The summed E-state index contributed by atoms with van der Waals surface area (Å²) < 4.78 is 7.33. The number of methoxy groups -OCH3 is 1. The van der Waals surface area contributed by atoms with Crippen molar-refractivity contribution in [2.75, 3.05) is 13.7 Å². The highest BCUT2D eigenvalue weighted by Gasteiger charge is 2.13. The summed E-state index contributed by atoms with van der Waals surface area (Å²) in [7, 11) is 1.58. The molecule has 3 aromatic carbocycles. The number of carbonyl (C=O) groups is 1. The number of nitrogens with zero attached hydrogens (tertiary/aromatic N) is 2. The van der Waals surface area contributed by atoms with Crippen LogP contribution in [0.2, 0.25) is 10.0 Å². The normalized spacial score (nSPS) is 10.9. The molecule has 0 aliphatic carbocycles. The second-order valence-electron chi connectivity index (χ2n) is 7.09. The molecule has 1 N–H and O–H groups in total. The third kappa shape index (κ3) is 4.84. The summed E-state index contributed by atoms with van der Waals surface area (Å²) in [6.07, 6.45) is 0.589. The number of amides is 1. The molecule has 4 aromatic rings. The van der Waals surface area contributed by atoms with Gasteiger partial charge in [0.05, 0.1) is 28.2 Å². The van der Waals surface area contributed by atoms with E-state index < -0.39 is 0 Å². The van der Waals surface area contributed by atoms with Gasteiger partial charge in [-0.15, -0.1) is 0 Å². The van der Waals surface area contributed by atoms with Crippen molar-refractivity contribution in [3.05, 3.63) is 93.7 Å². The number of nitrogens with one attached hydrogen (secondary N) is 1. The Kier molecular flexibility index (Phi) is 6.44. The van der Waals surface area contributed by atoms with Gasteiger partial charge < -0.3 is 14.6 Å². The maximum Gasteiger partial charge on any atom is 0.251 e. The molecule has 7 heteroatoms. The molecule has 0 aliphatic heterocycles. The number of halogens is 2. The van der Waals surface area contributed by atoms with E-state index in [-0.39, 0.29) is 5.91 Å². The van der Waals surface area contributed by atoms with Crippen LogP contribution in [0.4, 0.5) is 0 Å². The Hall–Kier alpha value is -3.02. The average Bonchev–Trinajstić information content (AvgIpc) is 3.13. The maximum atomic E-state index is 12.5. The van der Waals surface area contributed by atoms with Gasteiger partial charge in [-0.25, -0.2) is 4.98 Å². The van der Waals surface area contributed by atoms with Gasteiger partial charge in [0.15, 0.2) is 0 Å². The first-order chi connectivity index (χ1) is 15.0. The molecule has 0 radical (unpaired) electrons. The van der Waals surface area contributed by atoms with E-state index in [2.05, 4.69) is 9.88 Å². The number of hydrogen-bond acceptors (Lipinski definition) is 3. The summed E-state index contributed by atoms with van der Waals surface area (Å²) in [4.78, 5) is 17.3. The molecule has 1 amide bonds. The van der Waals surface area contributed by atoms with Gasteiger partial charge in [-0.3, -0.25) is 4.79 Å². The first-order valence-corrected chi connectivity index (χ1v) is 10.6. The molecule has 4 rings (SSSR count). The van der Waals surface area contributed by atoms with Gasteiger partial charge in [-0.1, -0.05) is 47.5 Å². The summed E-state index contributed by atoms with van der Waals surface area (Å²) in [5.74, 6) is 1.39. The molecule has 31 heavy (non-hydrogen) atoms. The van der Waals surface area contributed by atoms with Crippen molar-refractivity contribution in [2.45, 2.75) is 13.0 Å². The highest BCUT2D eigenvalue weighted by Crippen LogP contribution is 2.25. The van der Waals surface area contributed by atoms with E-state index in [1.807, 2.05) is 42.5 Å². The molecule has 1 heterocycles. The van der Waals surface area contributed by atoms with Crippen LogP contribution in [0.1, 0.15) is 21.7 Å². The van der Waals surface area contributed by atoms with Crippen molar-refractivity contribution in [1.29, 1.82) is 0 Å². The lowest BCUT2D eigenvalue weighted by molar-refractivity contribution is 0.0953. The highest BCUT2D eigenvalue weighted by molar-refractivity contribution is 6.42. The van der Waals surface area contributed by atoms with Crippen LogP contribution >= 0.6 is 23.2 Å². The number of para-hydroxylation sites is 2. The molecule has 5 nitrogen and oxygen atoms in total. The monoisotopic (exact) mass is 453 g/mol. The zero-order valence-electron chi connectivity index (χ0n) is 16.9. The fraction of sp³-hybridized carbons (Fsp3) is 0.167. The molecule has 0 saturated carbocycles. The minimum absolute atomic E-state index is 0.147. The Morgan fingerprint density at radius 1 is 1.03 bits per heavy atom. The zero-order valence-corrected chi connectivity index (χ0v) is 18.5. The predicted molar refractivity (Wildman–Crippen MR) is 124 cm³/mol. The zero-order chi connectivity index (χ0) is 21.8. The van der Waals surface area contributed by atoms with Gasteiger partial charge in [0.1, 0.15) is 11.6 Å². The molecule has 0 fully saturated rings. The van der Waals surface area contributed by atoms with Gasteiger partial charge in [0.2, 0.25) is 0 Å². The van der Waals surface area contributed by atoms with Crippen molar-refractivity contribution in [3.63, 3.8) is 0 Å². The highest BCUT2D eigenvalue weighted by atomic mass is 35.5. The number of benzene rings is 3. The molecule has 1 aromatic heterocycles. The third-order valence-corrected chi connectivity index (χ3v) is 5.76.